The van der Waals surface area contributed by atoms with Gasteiger partial charge in [-0.15, -0.1) is 0 Å². The molecule has 8 aliphatic rings. The van der Waals surface area contributed by atoms with E-state index in [4.69, 9.17) is 9.47 Å². The molecule has 55 heavy (non-hydrogen) atoms. The molecule has 14 unspecified atom stereocenters. The SMILES string of the molecule is C=C1C=C2CC(C)C3C(CCC4(C)C(OC(=O)CCC(=O)NCCC(=O)OC5CCC6C7C(C)CC8=CC(=O)CCC8(C)C7CCC56C)CCC34)C2(C)CC1. The van der Waals surface area contributed by atoms with E-state index in [1.54, 1.807) is 5.57 Å². The van der Waals surface area contributed by atoms with Gasteiger partial charge in [0.05, 0.1) is 12.8 Å². The van der Waals surface area contributed by atoms with Gasteiger partial charge in [0, 0.05) is 30.2 Å². The average molecular weight is 756 g/mol. The summed E-state index contributed by atoms with van der Waals surface area (Å²) >= 11 is 0. The highest BCUT2D eigenvalue weighted by Crippen LogP contribution is 2.68. The number of allylic oxidation sites excluding steroid dienone is 4. The Morgan fingerprint density at radius 2 is 1.18 bits per heavy atom. The van der Waals surface area contributed by atoms with Gasteiger partial charge in [0.15, 0.2) is 5.78 Å². The second-order valence-corrected chi connectivity index (χ2v) is 21.0. The molecule has 0 radical (unpaired) electrons. The summed E-state index contributed by atoms with van der Waals surface area (Å²) < 4.78 is 12.4. The number of amides is 1. The number of carbonyl (C=O) groups excluding carboxylic acids is 4. The monoisotopic (exact) mass is 756 g/mol. The van der Waals surface area contributed by atoms with E-state index < -0.39 is 0 Å². The molecule has 8 rings (SSSR count). The summed E-state index contributed by atoms with van der Waals surface area (Å²) in [5.41, 5.74) is 4.63. The molecular weight excluding hydrogens is 687 g/mol. The molecule has 0 heterocycles. The molecule has 0 aromatic carbocycles. The molecule has 302 valence electrons. The molecule has 1 amide bonds. The van der Waals surface area contributed by atoms with Gasteiger partial charge in [0.1, 0.15) is 12.2 Å². The molecule has 0 aromatic heterocycles. The van der Waals surface area contributed by atoms with E-state index >= 15 is 0 Å². The number of carbonyl (C=O) groups is 4. The Hall–Kier alpha value is -2.70. The maximum absolute atomic E-state index is 13.2. The first kappa shape index (κ1) is 39.1. The van der Waals surface area contributed by atoms with Gasteiger partial charge in [-0.2, -0.15) is 0 Å². The fourth-order valence-electron chi connectivity index (χ4n) is 15.2. The van der Waals surface area contributed by atoms with Crippen molar-refractivity contribution in [3.8, 4) is 0 Å². The van der Waals surface area contributed by atoms with Crippen LogP contribution in [0.2, 0.25) is 0 Å². The van der Waals surface area contributed by atoms with Gasteiger partial charge in [-0.1, -0.05) is 70.9 Å². The quantitative estimate of drug-likeness (QED) is 0.248. The van der Waals surface area contributed by atoms with Crippen LogP contribution >= 0.6 is 0 Å². The van der Waals surface area contributed by atoms with Crippen LogP contribution < -0.4 is 5.32 Å². The number of rotatable bonds is 8. The zero-order valence-corrected chi connectivity index (χ0v) is 34.8. The van der Waals surface area contributed by atoms with Crippen molar-refractivity contribution in [2.75, 3.05) is 6.54 Å². The van der Waals surface area contributed by atoms with Crippen molar-refractivity contribution in [1.82, 2.24) is 5.32 Å². The fraction of sp³-hybridized carbons (Fsp3) is 0.792. The summed E-state index contributed by atoms with van der Waals surface area (Å²) in [5, 5.41) is 2.86. The lowest BCUT2D eigenvalue weighted by molar-refractivity contribution is -0.162. The summed E-state index contributed by atoms with van der Waals surface area (Å²) in [6, 6.07) is 0. The maximum Gasteiger partial charge on any atom is 0.307 e. The van der Waals surface area contributed by atoms with E-state index in [0.717, 1.165) is 70.6 Å². The number of hydrogen-bond donors (Lipinski definition) is 1. The Bertz CT molecular complexity index is 1680. The topological polar surface area (TPSA) is 98.8 Å². The van der Waals surface area contributed by atoms with Gasteiger partial charge < -0.3 is 14.8 Å². The molecule has 0 bridgehead atoms. The first-order valence-corrected chi connectivity index (χ1v) is 22.3. The lowest BCUT2D eigenvalue weighted by atomic mass is 9.45. The van der Waals surface area contributed by atoms with Crippen LogP contribution in [-0.2, 0) is 28.7 Å². The van der Waals surface area contributed by atoms with E-state index in [-0.39, 0.29) is 77.5 Å². The van der Waals surface area contributed by atoms with Crippen molar-refractivity contribution < 1.29 is 28.7 Å². The predicted molar refractivity (Wildman–Crippen MR) is 213 cm³/mol. The molecule has 0 saturated heterocycles. The van der Waals surface area contributed by atoms with Crippen LogP contribution in [0, 0.1) is 69.0 Å². The second-order valence-electron chi connectivity index (χ2n) is 21.0. The normalized spacial score (nSPS) is 45.7. The smallest absolute Gasteiger partial charge is 0.307 e. The predicted octanol–water partition coefficient (Wildman–Crippen LogP) is 9.64. The van der Waals surface area contributed by atoms with E-state index in [1.165, 1.54) is 24.0 Å². The number of fused-ring (bicyclic) bond motifs is 10. The highest BCUT2D eigenvalue weighted by molar-refractivity contribution is 5.91. The summed E-state index contributed by atoms with van der Waals surface area (Å²) in [7, 11) is 0. The first-order valence-electron chi connectivity index (χ1n) is 22.3. The van der Waals surface area contributed by atoms with Gasteiger partial charge in [0.2, 0.25) is 5.91 Å². The van der Waals surface area contributed by atoms with E-state index in [1.807, 2.05) is 6.08 Å². The van der Waals surface area contributed by atoms with Crippen LogP contribution in [-0.4, -0.2) is 42.4 Å². The standard InChI is InChI=1S/C48H69NO6/c1-28-14-19-45(4)31(24-28)25-29(2)43-34-8-10-38(47(34,6)21-16-36(43)45)54-41(52)13-12-40(51)49-23-18-42(53)55-39-11-9-35-44-30(3)26-32-27-33(50)15-20-46(32,5)37(44)17-22-48(35,39)7/h24,27,29-30,34-39,43-44H,1,8-23,25-26H2,2-7H3,(H,49,51). The van der Waals surface area contributed by atoms with Gasteiger partial charge in [0.25, 0.3) is 0 Å². The van der Waals surface area contributed by atoms with Crippen LogP contribution in [0.1, 0.15) is 151 Å². The fourth-order valence-corrected chi connectivity index (χ4v) is 15.2. The number of esters is 2. The third-order valence-electron chi connectivity index (χ3n) is 18.3. The summed E-state index contributed by atoms with van der Waals surface area (Å²) in [6.07, 6.45) is 19.0. The Kier molecular flexibility index (Phi) is 10.2. The maximum atomic E-state index is 13.2. The summed E-state index contributed by atoms with van der Waals surface area (Å²) in [4.78, 5) is 51.4. The summed E-state index contributed by atoms with van der Waals surface area (Å²) in [6.45, 7) is 19.0. The zero-order valence-electron chi connectivity index (χ0n) is 34.8. The number of ether oxygens (including phenoxy) is 2. The molecule has 14 atom stereocenters. The number of hydrogen-bond acceptors (Lipinski definition) is 6. The Morgan fingerprint density at radius 3 is 1.75 bits per heavy atom. The van der Waals surface area contributed by atoms with Crippen LogP contribution in [0.3, 0.4) is 0 Å². The zero-order chi connectivity index (χ0) is 39.1. The minimum Gasteiger partial charge on any atom is -0.462 e. The van der Waals surface area contributed by atoms with Crippen LogP contribution in [0.15, 0.2) is 35.5 Å². The lowest BCUT2D eigenvalue weighted by Crippen LogP contribution is -2.54. The average Bonchev–Trinajstić information content (AvgIpc) is 3.64. The van der Waals surface area contributed by atoms with E-state index in [2.05, 4.69) is 59.5 Å². The lowest BCUT2D eigenvalue weighted by Gasteiger charge is -2.60. The molecule has 6 fully saturated rings. The second kappa shape index (κ2) is 14.3. The molecule has 0 spiro atoms. The molecule has 7 nitrogen and oxygen atoms in total. The van der Waals surface area contributed by atoms with E-state index in [0.29, 0.717) is 59.5 Å². The van der Waals surface area contributed by atoms with Crippen LogP contribution in [0.5, 0.6) is 0 Å². The highest BCUT2D eigenvalue weighted by atomic mass is 16.5. The summed E-state index contributed by atoms with van der Waals surface area (Å²) in [5.74, 6) is 4.26. The number of ketones is 1. The molecule has 8 aliphatic carbocycles. The van der Waals surface area contributed by atoms with Crippen molar-refractivity contribution in [2.45, 2.75) is 163 Å². The molecule has 0 aliphatic heterocycles. The molecule has 6 saturated carbocycles. The third-order valence-corrected chi connectivity index (χ3v) is 18.3. The number of nitrogens with one attached hydrogen (secondary N) is 1. The van der Waals surface area contributed by atoms with Crippen molar-refractivity contribution >= 4 is 23.6 Å². The Labute approximate surface area is 330 Å². The Morgan fingerprint density at radius 1 is 0.673 bits per heavy atom. The van der Waals surface area contributed by atoms with Crippen molar-refractivity contribution in [1.29, 1.82) is 0 Å². The van der Waals surface area contributed by atoms with Crippen LogP contribution in [0.25, 0.3) is 0 Å². The third kappa shape index (κ3) is 6.52. The highest BCUT2D eigenvalue weighted by Gasteiger charge is 2.63. The van der Waals surface area contributed by atoms with Crippen molar-refractivity contribution in [3.63, 3.8) is 0 Å². The van der Waals surface area contributed by atoms with Gasteiger partial charge in [-0.05, 0) is 148 Å². The van der Waals surface area contributed by atoms with Gasteiger partial charge in [-0.25, -0.2) is 0 Å². The Balaban J connectivity index is 0.781. The minimum atomic E-state index is -0.285. The molecule has 0 aromatic rings. The van der Waals surface area contributed by atoms with Gasteiger partial charge >= 0.3 is 11.9 Å². The molecular formula is C48H69NO6. The van der Waals surface area contributed by atoms with Crippen molar-refractivity contribution in [3.05, 3.63) is 35.5 Å². The van der Waals surface area contributed by atoms with Gasteiger partial charge in [-0.3, -0.25) is 19.2 Å². The molecule has 7 heteroatoms. The first-order chi connectivity index (χ1) is 26.1. The minimum absolute atomic E-state index is 0.00991. The van der Waals surface area contributed by atoms with E-state index in [9.17, 15) is 19.2 Å². The van der Waals surface area contributed by atoms with Crippen LogP contribution in [0.4, 0.5) is 0 Å². The van der Waals surface area contributed by atoms with Crippen molar-refractivity contribution in [2.24, 2.45) is 69.0 Å². The largest absolute Gasteiger partial charge is 0.462 e. The molecule has 1 N–H and O–H groups in total.